The summed E-state index contributed by atoms with van der Waals surface area (Å²) in [5.74, 6) is 0. The first-order chi connectivity index (χ1) is 7.34. The van der Waals surface area contributed by atoms with E-state index < -0.39 is 0 Å². The first-order valence-electron chi connectivity index (χ1n) is 6.05. The van der Waals surface area contributed by atoms with Gasteiger partial charge in [0.2, 0.25) is 0 Å². The van der Waals surface area contributed by atoms with E-state index in [2.05, 4.69) is 44.3 Å². The summed E-state index contributed by atoms with van der Waals surface area (Å²) in [5.41, 5.74) is 2.76. The van der Waals surface area contributed by atoms with Crippen molar-refractivity contribution >= 4 is 0 Å². The zero-order valence-electron chi connectivity index (χ0n) is 11.5. The Kier molecular flexibility index (Phi) is 4.14. The second kappa shape index (κ2) is 5.00. The number of hydrogen-bond acceptors (Lipinski definition) is 2. The quantitative estimate of drug-likeness (QED) is 0.848. The van der Waals surface area contributed by atoms with Crippen molar-refractivity contribution < 1.29 is 0 Å². The molecule has 16 heavy (non-hydrogen) atoms. The lowest BCUT2D eigenvalue weighted by Crippen LogP contribution is -2.22. The molecule has 1 aromatic rings. The molecule has 0 saturated carbocycles. The van der Waals surface area contributed by atoms with Crippen molar-refractivity contribution in [2.75, 3.05) is 7.05 Å². The highest BCUT2D eigenvalue weighted by atomic mass is 15.3. The molecule has 0 radical (unpaired) electrons. The van der Waals surface area contributed by atoms with Crippen molar-refractivity contribution in [1.29, 1.82) is 0 Å². The van der Waals surface area contributed by atoms with Gasteiger partial charge in [-0.1, -0.05) is 20.8 Å². The third-order valence-electron chi connectivity index (χ3n) is 2.95. The molecule has 0 fully saturated rings. The minimum atomic E-state index is 0.138. The molecule has 1 aromatic heterocycles. The highest BCUT2D eigenvalue weighted by Gasteiger charge is 2.21. The van der Waals surface area contributed by atoms with Gasteiger partial charge in [-0.2, -0.15) is 5.10 Å². The van der Waals surface area contributed by atoms with Crippen LogP contribution in [0.5, 0.6) is 0 Å². The summed E-state index contributed by atoms with van der Waals surface area (Å²) in [4.78, 5) is 0. The van der Waals surface area contributed by atoms with E-state index in [4.69, 9.17) is 0 Å². The Labute approximate surface area is 99.2 Å². The van der Waals surface area contributed by atoms with Crippen molar-refractivity contribution in [3.8, 4) is 0 Å². The normalized spacial score (nSPS) is 14.1. The van der Waals surface area contributed by atoms with Crippen molar-refractivity contribution in [3.63, 3.8) is 0 Å². The molecule has 0 bridgehead atoms. The fourth-order valence-electron chi connectivity index (χ4n) is 1.87. The number of nitrogens with one attached hydrogen (secondary N) is 1. The molecule has 0 aromatic carbocycles. The molecule has 0 saturated heterocycles. The van der Waals surface area contributed by atoms with Gasteiger partial charge in [0.1, 0.15) is 0 Å². The van der Waals surface area contributed by atoms with Crippen LogP contribution in [-0.2, 0) is 18.9 Å². The van der Waals surface area contributed by atoms with Crippen LogP contribution in [0.3, 0.4) is 0 Å². The number of nitrogens with zero attached hydrogens (tertiary/aromatic N) is 2. The molecule has 3 heteroatoms. The van der Waals surface area contributed by atoms with Gasteiger partial charge in [0.15, 0.2) is 0 Å². The first-order valence-corrected chi connectivity index (χ1v) is 6.05. The summed E-state index contributed by atoms with van der Waals surface area (Å²) in [5, 5.41) is 7.85. The fraction of sp³-hybridized carbons (Fsp3) is 0.769. The molecule has 0 aliphatic rings. The molecule has 0 aliphatic heterocycles. The third kappa shape index (κ3) is 3.34. The maximum Gasteiger partial charge on any atom is 0.0709 e. The molecule has 1 rings (SSSR count). The van der Waals surface area contributed by atoms with Crippen LogP contribution in [0.25, 0.3) is 0 Å². The summed E-state index contributed by atoms with van der Waals surface area (Å²) in [7, 11) is 4.01. The maximum atomic E-state index is 4.58. The highest BCUT2D eigenvalue weighted by molar-refractivity contribution is 5.24. The molecular weight excluding hydrogens is 198 g/mol. The predicted molar refractivity (Wildman–Crippen MR) is 68.8 cm³/mol. The van der Waals surface area contributed by atoms with Crippen LogP contribution in [0.15, 0.2) is 6.20 Å². The zero-order valence-corrected chi connectivity index (χ0v) is 11.5. The van der Waals surface area contributed by atoms with Crippen molar-refractivity contribution in [1.82, 2.24) is 15.1 Å². The van der Waals surface area contributed by atoms with Crippen molar-refractivity contribution in [2.45, 2.75) is 52.0 Å². The van der Waals surface area contributed by atoms with Gasteiger partial charge in [-0.3, -0.25) is 4.68 Å². The van der Waals surface area contributed by atoms with Crippen LogP contribution in [-0.4, -0.2) is 22.9 Å². The van der Waals surface area contributed by atoms with E-state index in [9.17, 15) is 0 Å². The standard InChI is InChI=1S/C13H25N3/c1-10(14-5)7-8-11-9-16(6)15-12(11)13(2,3)4/h9-10,14H,7-8H2,1-6H3. The Morgan fingerprint density at radius 1 is 1.44 bits per heavy atom. The van der Waals surface area contributed by atoms with Crippen LogP contribution >= 0.6 is 0 Å². The van der Waals surface area contributed by atoms with E-state index in [1.54, 1.807) is 0 Å². The average molecular weight is 223 g/mol. The first kappa shape index (κ1) is 13.2. The monoisotopic (exact) mass is 223 g/mol. The Morgan fingerprint density at radius 3 is 2.56 bits per heavy atom. The topological polar surface area (TPSA) is 29.9 Å². The smallest absolute Gasteiger partial charge is 0.0709 e. The molecule has 0 aliphatic carbocycles. The van der Waals surface area contributed by atoms with Gasteiger partial charge in [-0.15, -0.1) is 0 Å². The lowest BCUT2D eigenvalue weighted by atomic mass is 9.88. The molecule has 3 nitrogen and oxygen atoms in total. The van der Waals surface area contributed by atoms with E-state index in [1.165, 1.54) is 11.3 Å². The zero-order chi connectivity index (χ0) is 12.3. The lowest BCUT2D eigenvalue weighted by Gasteiger charge is -2.18. The average Bonchev–Trinajstić information content (AvgIpc) is 2.55. The molecule has 1 atom stereocenters. The summed E-state index contributed by atoms with van der Waals surface area (Å²) in [6, 6.07) is 0.563. The number of aryl methyl sites for hydroxylation is 2. The van der Waals surface area contributed by atoms with E-state index >= 15 is 0 Å². The lowest BCUT2D eigenvalue weighted by molar-refractivity contribution is 0.534. The number of aromatic nitrogens is 2. The fourth-order valence-corrected chi connectivity index (χ4v) is 1.87. The van der Waals surface area contributed by atoms with Crippen molar-refractivity contribution in [3.05, 3.63) is 17.5 Å². The summed E-state index contributed by atoms with van der Waals surface area (Å²) >= 11 is 0. The van der Waals surface area contributed by atoms with Crippen LogP contribution in [0.1, 0.15) is 45.4 Å². The summed E-state index contributed by atoms with van der Waals surface area (Å²) in [6.45, 7) is 8.88. The molecule has 1 heterocycles. The molecule has 0 amide bonds. The summed E-state index contributed by atoms with van der Waals surface area (Å²) < 4.78 is 1.93. The van der Waals surface area contributed by atoms with Gasteiger partial charge in [0.25, 0.3) is 0 Å². The second-order valence-corrected chi connectivity index (χ2v) is 5.66. The van der Waals surface area contributed by atoms with E-state index in [0.717, 1.165) is 12.8 Å². The molecule has 1 N–H and O–H groups in total. The molecule has 0 spiro atoms. The Morgan fingerprint density at radius 2 is 2.06 bits per heavy atom. The van der Waals surface area contributed by atoms with E-state index in [1.807, 2.05) is 18.8 Å². The largest absolute Gasteiger partial charge is 0.317 e. The maximum absolute atomic E-state index is 4.58. The van der Waals surface area contributed by atoms with Crippen LogP contribution in [0, 0.1) is 0 Å². The van der Waals surface area contributed by atoms with E-state index in [-0.39, 0.29) is 5.41 Å². The number of hydrogen-bond donors (Lipinski definition) is 1. The predicted octanol–water partition coefficient (Wildman–Crippen LogP) is 2.26. The van der Waals surface area contributed by atoms with Crippen molar-refractivity contribution in [2.24, 2.45) is 7.05 Å². The van der Waals surface area contributed by atoms with Gasteiger partial charge in [0.05, 0.1) is 5.69 Å². The number of rotatable bonds is 4. The Hall–Kier alpha value is -0.830. The SMILES string of the molecule is CNC(C)CCc1cn(C)nc1C(C)(C)C. The van der Waals surface area contributed by atoms with Crippen LogP contribution in [0.2, 0.25) is 0 Å². The van der Waals surface area contributed by atoms with E-state index in [0.29, 0.717) is 6.04 Å². The molecule has 1 unspecified atom stereocenters. The highest BCUT2D eigenvalue weighted by Crippen LogP contribution is 2.25. The third-order valence-corrected chi connectivity index (χ3v) is 2.95. The van der Waals surface area contributed by atoms with Crippen LogP contribution in [0.4, 0.5) is 0 Å². The second-order valence-electron chi connectivity index (χ2n) is 5.66. The van der Waals surface area contributed by atoms with Crippen LogP contribution < -0.4 is 5.32 Å². The van der Waals surface area contributed by atoms with Gasteiger partial charge in [-0.25, -0.2) is 0 Å². The Bertz CT molecular complexity index is 333. The molecular formula is C13H25N3. The van der Waals surface area contributed by atoms with Gasteiger partial charge in [0, 0.05) is 24.7 Å². The van der Waals surface area contributed by atoms with Gasteiger partial charge in [-0.05, 0) is 32.4 Å². The minimum Gasteiger partial charge on any atom is -0.317 e. The molecule has 92 valence electrons. The minimum absolute atomic E-state index is 0.138. The van der Waals surface area contributed by atoms with Gasteiger partial charge < -0.3 is 5.32 Å². The van der Waals surface area contributed by atoms with Gasteiger partial charge >= 0.3 is 0 Å². The summed E-state index contributed by atoms with van der Waals surface area (Å²) in [6.07, 6.45) is 4.41. The Balaban J connectivity index is 2.79.